The van der Waals surface area contributed by atoms with Crippen molar-refractivity contribution in [2.45, 2.75) is 91.5 Å². The molecule has 8 heterocycles. The van der Waals surface area contributed by atoms with Crippen LogP contribution in [0.5, 0.6) is 0 Å². The Kier molecular flexibility index (Phi) is 23.5. The van der Waals surface area contributed by atoms with E-state index >= 15 is 8.78 Å². The van der Waals surface area contributed by atoms with Gasteiger partial charge in [0.15, 0.2) is 23.3 Å². The molecular formula is C60H70F2N16O16P2-2. The maximum Gasteiger partial charge on any atom is 0.477 e. The maximum absolute atomic E-state index is 15.6. The summed E-state index contributed by atoms with van der Waals surface area (Å²) in [6, 6.07) is 16.6. The zero-order chi connectivity index (χ0) is 69.9. The number of phosphoric ester groups is 2. The second kappa shape index (κ2) is 31.1. The summed E-state index contributed by atoms with van der Waals surface area (Å²) in [4.78, 5) is 124. The minimum absolute atomic E-state index is 0.0306. The average Bonchev–Trinajstić information content (AvgIpc) is 1.60. The summed E-state index contributed by atoms with van der Waals surface area (Å²) < 4.78 is 82.0. The van der Waals surface area contributed by atoms with Crippen LogP contribution >= 0.6 is 15.6 Å². The summed E-state index contributed by atoms with van der Waals surface area (Å²) in [6.07, 6.45) is 11.6. The molecule has 2 saturated heterocycles. The van der Waals surface area contributed by atoms with Crippen LogP contribution in [0.2, 0.25) is 0 Å². The predicted molar refractivity (Wildman–Crippen MR) is 333 cm³/mol. The van der Waals surface area contributed by atoms with Crippen molar-refractivity contribution in [3.63, 3.8) is 0 Å². The van der Waals surface area contributed by atoms with Gasteiger partial charge in [-0.15, -0.1) is 10.2 Å². The van der Waals surface area contributed by atoms with Crippen molar-refractivity contribution in [1.82, 2.24) is 68.7 Å². The molecule has 0 aliphatic carbocycles. The van der Waals surface area contributed by atoms with Crippen LogP contribution < -0.4 is 21.5 Å². The monoisotopic (exact) mass is 1370 g/mol. The van der Waals surface area contributed by atoms with E-state index in [0.717, 1.165) is 40.7 Å². The quantitative estimate of drug-likeness (QED) is 0.0402. The lowest BCUT2D eigenvalue weighted by Crippen LogP contribution is -2.52. The number of nitrogens with two attached hydrogens (primary N) is 2. The number of halogens is 2. The lowest BCUT2D eigenvalue weighted by atomic mass is 10.1. The van der Waals surface area contributed by atoms with Gasteiger partial charge < -0.3 is 59.9 Å². The van der Waals surface area contributed by atoms with Gasteiger partial charge in [-0.1, -0.05) is 53.2 Å². The first-order valence-corrected chi connectivity index (χ1v) is 32.8. The molecule has 0 saturated carbocycles. The molecule has 0 bridgehead atoms. The van der Waals surface area contributed by atoms with Gasteiger partial charge in [0.25, 0.3) is 43.0 Å². The minimum atomic E-state index is -5.20. The Balaban J connectivity index is 0.000000217. The number of unbranched alkanes of at least 4 members (excludes halogenated alkanes) is 1. The molecule has 0 spiro atoms. The molecule has 8 aromatic rings. The summed E-state index contributed by atoms with van der Waals surface area (Å²) in [5.74, 6) is -7.21. The molecule has 6 aromatic heterocycles. The van der Waals surface area contributed by atoms with Gasteiger partial charge in [-0.3, -0.25) is 51.4 Å². The number of piperazine rings is 2. The van der Waals surface area contributed by atoms with E-state index in [1.165, 1.54) is 50.0 Å². The second-order valence-corrected chi connectivity index (χ2v) is 26.3. The van der Waals surface area contributed by atoms with Crippen molar-refractivity contribution in [2.24, 2.45) is 11.5 Å². The number of hydrogen-bond donors (Lipinski definition) is 3. The van der Waals surface area contributed by atoms with Gasteiger partial charge in [0.1, 0.15) is 13.5 Å². The van der Waals surface area contributed by atoms with Crippen molar-refractivity contribution < 1.29 is 84.5 Å². The maximum atomic E-state index is 15.6. The zero-order valence-electron chi connectivity index (χ0n) is 53.0. The Morgan fingerprint density at radius 3 is 1.34 bits per heavy atom. The molecule has 2 fully saturated rings. The number of nitrogens with zero attached hydrogens (tertiary/aromatic N) is 14. The molecule has 96 heavy (non-hydrogen) atoms. The molecule has 36 heteroatoms. The molecule has 32 nitrogen and oxygen atoms in total. The smallest absolute Gasteiger partial charge is 0.477 e. The van der Waals surface area contributed by atoms with Crippen LogP contribution in [-0.2, 0) is 55.1 Å². The zero-order valence-corrected chi connectivity index (χ0v) is 54.8. The number of pyridine rings is 2. The van der Waals surface area contributed by atoms with Gasteiger partial charge in [0.05, 0.1) is 87.3 Å². The normalized spacial score (nSPS) is 14.7. The van der Waals surface area contributed by atoms with Crippen molar-refractivity contribution in [3.8, 4) is 11.6 Å². The first kappa shape index (κ1) is 72.6. The summed E-state index contributed by atoms with van der Waals surface area (Å²) in [5.41, 5.74) is 8.78. The summed E-state index contributed by atoms with van der Waals surface area (Å²) in [7, 11) is -9.45. The molecule has 4 amide bonds. The van der Waals surface area contributed by atoms with Gasteiger partial charge in [-0.2, -0.15) is 0 Å². The molecule has 2 aliphatic heterocycles. The Morgan fingerprint density at radius 1 is 0.615 bits per heavy atom. The molecule has 2 unspecified atom stereocenters. The van der Waals surface area contributed by atoms with Gasteiger partial charge >= 0.3 is 7.82 Å². The van der Waals surface area contributed by atoms with Crippen molar-refractivity contribution in [3.05, 3.63) is 144 Å². The van der Waals surface area contributed by atoms with Crippen LogP contribution in [0.3, 0.4) is 0 Å². The van der Waals surface area contributed by atoms with E-state index in [1.54, 1.807) is 106 Å². The fraction of sp³-hybridized carbons (Fsp3) is 0.383. The van der Waals surface area contributed by atoms with Gasteiger partial charge in [-0.25, -0.2) is 32.7 Å². The first-order valence-electron chi connectivity index (χ1n) is 29.8. The van der Waals surface area contributed by atoms with Gasteiger partial charge in [0, 0.05) is 81.9 Å². The van der Waals surface area contributed by atoms with Crippen molar-refractivity contribution in [1.29, 1.82) is 0 Å². The topological polar surface area (TPSA) is 419 Å². The van der Waals surface area contributed by atoms with E-state index in [2.05, 4.69) is 35.1 Å². The highest BCUT2D eigenvalue weighted by Gasteiger charge is 2.39. The fourth-order valence-electron chi connectivity index (χ4n) is 10.00. The Bertz CT molecular complexity index is 4160. The lowest BCUT2D eigenvalue weighted by Gasteiger charge is -2.34. The Morgan fingerprint density at radius 2 is 1.00 bits per heavy atom. The van der Waals surface area contributed by atoms with Crippen LogP contribution in [0.1, 0.15) is 102 Å². The number of amides is 4. The number of rotatable bonds is 21. The third kappa shape index (κ3) is 18.4. The first-order chi connectivity index (χ1) is 45.4. The van der Waals surface area contributed by atoms with Crippen LogP contribution in [0.4, 0.5) is 8.78 Å². The molecule has 512 valence electrons. The number of hydrogen-bond acceptors (Lipinski definition) is 23. The highest BCUT2D eigenvalue weighted by atomic mass is 31.2. The number of phosphoric acid groups is 2. The number of carboxylic acids is 1. The molecule has 10 rings (SSSR count). The fourth-order valence-corrected chi connectivity index (χ4v) is 12.0. The summed E-state index contributed by atoms with van der Waals surface area (Å²) in [6.45, 7) is 10.5. The number of benzene rings is 2. The minimum Gasteiger partial charge on any atom is -0.756 e. The molecule has 2 atom stereocenters. The molecular weight excluding hydrogens is 1300 g/mol. The third-order valence-electron chi connectivity index (χ3n) is 14.3. The average molecular weight is 1370 g/mol. The number of carbonyl (C=O) groups is 7. The number of Topliss-reactive ketones (excluding diaryl/α,β-unsaturated/α-hetero) is 2. The van der Waals surface area contributed by atoms with Crippen LogP contribution in [0.25, 0.3) is 33.4 Å². The standard InChI is InChI=1S/C31H37FN7O7P.C23H21FN7O7P.C6H14N2O2/c1-30(2,3)45-47(43,46-31(4,5)6)44-20-38-19-22(24-23(32)18-33-27(25(24)38)39-13-12-34-35-39)26(40)29(42)37-16-14-36(15-17-37)28(41)21-10-8-7-9-11-21;24-17-12-25-21(31-7-6-26-27-31)19-18(17)16(13-30(19)14-38-39(35,36)37)20(32)23(34)29-10-8-28(9-11-29)22(33)15-4-2-1-3-5-15;7-4-2-1-3-5(8)6(9)10/h7-13,18-19H,14-17,20H2,1-6H3;1-7,12-13H,8-11,14H2,(H2,35,36,37);5H,1-4,7-8H2,(H,9,10)/p-2. The van der Waals surface area contributed by atoms with E-state index in [-0.39, 0.29) is 109 Å². The van der Waals surface area contributed by atoms with E-state index in [4.69, 9.17) is 29.9 Å². The van der Waals surface area contributed by atoms with E-state index in [1.807, 2.05) is 6.07 Å². The van der Waals surface area contributed by atoms with Gasteiger partial charge in [-0.05, 0) is 85.2 Å². The number of carbonyl (C=O) groups excluding carboxylic acids is 7. The Labute approximate surface area is 547 Å². The van der Waals surface area contributed by atoms with Crippen molar-refractivity contribution >= 4 is 78.6 Å². The number of aliphatic carboxylic acids is 1. The third-order valence-corrected chi connectivity index (χ3v) is 16.7. The van der Waals surface area contributed by atoms with E-state index in [9.17, 15) is 52.7 Å². The molecule has 5 N–H and O–H groups in total. The summed E-state index contributed by atoms with van der Waals surface area (Å²) in [5, 5.41) is 24.7. The highest BCUT2D eigenvalue weighted by Crippen LogP contribution is 2.56. The van der Waals surface area contributed by atoms with Crippen molar-refractivity contribution in [2.75, 3.05) is 58.9 Å². The number of ketones is 2. The largest absolute Gasteiger partial charge is 0.756 e. The molecule has 2 aromatic carbocycles. The van der Waals surface area contributed by atoms with E-state index in [0.29, 0.717) is 24.1 Å². The molecule has 2 aliphatic rings. The number of carboxylic acid groups (broad SMARTS) is 1. The Hall–Kier alpha value is -9.21. The lowest BCUT2D eigenvalue weighted by molar-refractivity contribution is -0.307. The highest BCUT2D eigenvalue weighted by molar-refractivity contribution is 7.48. The number of aromatic nitrogens is 10. The predicted octanol–water partition coefficient (Wildman–Crippen LogP) is 3.19. The van der Waals surface area contributed by atoms with Crippen LogP contribution in [-0.4, -0.2) is 191 Å². The number of fused-ring (bicyclic) bond motifs is 2. The van der Waals surface area contributed by atoms with Gasteiger partial charge in [0.2, 0.25) is 0 Å². The van der Waals surface area contributed by atoms with Crippen LogP contribution in [0.15, 0.2) is 110 Å². The summed E-state index contributed by atoms with van der Waals surface area (Å²) >= 11 is 0. The SMILES string of the molecule is CC(C)(C)OP(=O)(OCn1cc(C(=O)C(=O)N2CCN(C(=O)c3ccccc3)CC2)c2c(F)cnc(-n3ccnn3)c21)OC(C)(C)C.NCCCCC(N)C(=O)[O-].O=C(C(=O)N1CCN(C(=O)c2ccccc2)CC1)c1cn(COP(=O)([O-])O)c2c(-n3ccnn3)ncc(F)c12. The second-order valence-electron chi connectivity index (χ2n) is 23.6. The van der Waals surface area contributed by atoms with E-state index < -0.39 is 87.3 Å². The van der Waals surface area contributed by atoms with Crippen LogP contribution in [0, 0.1) is 11.6 Å². The molecule has 0 radical (unpaired) electrons.